The van der Waals surface area contributed by atoms with Crippen LogP contribution in [0, 0.1) is 11.3 Å². The molecule has 0 atom stereocenters. The van der Waals surface area contributed by atoms with Crippen molar-refractivity contribution in [2.45, 2.75) is 51.0 Å². The van der Waals surface area contributed by atoms with Crippen LogP contribution in [0.5, 0.6) is 0 Å². The summed E-state index contributed by atoms with van der Waals surface area (Å²) in [6.07, 6.45) is 6.49. The molecule has 0 unspecified atom stereocenters. The second-order valence-electron chi connectivity index (χ2n) is 5.87. The molecular weight excluding hydrogens is 218 g/mol. The molecule has 0 saturated heterocycles. The van der Waals surface area contributed by atoms with Gasteiger partial charge in [0.05, 0.1) is 0 Å². The van der Waals surface area contributed by atoms with Crippen molar-refractivity contribution < 1.29 is 14.7 Å². The van der Waals surface area contributed by atoms with E-state index in [1.807, 2.05) is 4.90 Å². The molecule has 4 heteroatoms. The summed E-state index contributed by atoms with van der Waals surface area (Å²) >= 11 is 0. The maximum Gasteiger partial charge on any atom is 0.319 e. The molecule has 17 heavy (non-hydrogen) atoms. The molecule has 0 aromatic heterocycles. The third-order valence-corrected chi connectivity index (χ3v) is 4.43. The number of carboxylic acid groups (broad SMARTS) is 1. The molecule has 0 radical (unpaired) electrons. The number of carbonyl (C=O) groups excluding carboxylic acids is 1. The van der Waals surface area contributed by atoms with Crippen LogP contribution in [-0.2, 0) is 9.59 Å². The fraction of sp³-hybridized carbons (Fsp3) is 0.846. The molecule has 0 spiro atoms. The van der Waals surface area contributed by atoms with Crippen molar-refractivity contribution in [3.05, 3.63) is 0 Å². The number of aliphatic carboxylic acids is 1. The lowest BCUT2D eigenvalue weighted by Gasteiger charge is -2.40. The van der Waals surface area contributed by atoms with Gasteiger partial charge in [0.15, 0.2) is 0 Å². The van der Waals surface area contributed by atoms with E-state index in [0.717, 1.165) is 25.8 Å². The zero-order chi connectivity index (χ0) is 12.0. The Bertz CT molecular complexity index is 354. The lowest BCUT2D eigenvalue weighted by molar-refractivity contribution is -0.167. The Hall–Kier alpha value is -1.06. The van der Waals surface area contributed by atoms with E-state index in [2.05, 4.69) is 0 Å². The van der Waals surface area contributed by atoms with Crippen LogP contribution < -0.4 is 0 Å². The van der Waals surface area contributed by atoms with Crippen molar-refractivity contribution in [1.29, 1.82) is 0 Å². The molecule has 3 rings (SSSR count). The molecule has 0 aliphatic heterocycles. The van der Waals surface area contributed by atoms with Crippen molar-refractivity contribution >= 4 is 11.9 Å². The Morgan fingerprint density at radius 1 is 1.18 bits per heavy atom. The van der Waals surface area contributed by atoms with E-state index in [1.165, 1.54) is 12.8 Å². The lowest BCUT2D eigenvalue weighted by atomic mass is 9.67. The summed E-state index contributed by atoms with van der Waals surface area (Å²) in [6.45, 7) is 0.804. The van der Waals surface area contributed by atoms with Crippen molar-refractivity contribution in [3.63, 3.8) is 0 Å². The Balaban J connectivity index is 1.75. The van der Waals surface area contributed by atoms with Crippen LogP contribution in [0.3, 0.4) is 0 Å². The first-order valence-electron chi connectivity index (χ1n) is 6.68. The predicted molar refractivity (Wildman–Crippen MR) is 61.4 cm³/mol. The van der Waals surface area contributed by atoms with Crippen LogP contribution in [0.15, 0.2) is 0 Å². The van der Waals surface area contributed by atoms with Crippen LogP contribution in [0.4, 0.5) is 0 Å². The highest BCUT2D eigenvalue weighted by molar-refractivity contribution is 6.03. The standard InChI is InChI=1S/C13H19NO3/c15-11(13(12(16)17)6-1-7-13)14(10-4-5-10)8-9-2-3-9/h9-10H,1-8H2,(H,16,17). The van der Waals surface area contributed by atoms with Crippen molar-refractivity contribution in [1.82, 2.24) is 4.90 Å². The first-order chi connectivity index (χ1) is 8.13. The first-order valence-corrected chi connectivity index (χ1v) is 6.68. The number of amides is 1. The maximum absolute atomic E-state index is 12.5. The van der Waals surface area contributed by atoms with Gasteiger partial charge in [-0.05, 0) is 44.4 Å². The maximum atomic E-state index is 12.5. The van der Waals surface area contributed by atoms with E-state index in [1.54, 1.807) is 0 Å². The number of nitrogens with zero attached hydrogens (tertiary/aromatic N) is 1. The van der Waals surface area contributed by atoms with E-state index in [0.29, 0.717) is 24.8 Å². The lowest BCUT2D eigenvalue weighted by Crippen LogP contribution is -2.53. The van der Waals surface area contributed by atoms with Gasteiger partial charge in [-0.2, -0.15) is 0 Å². The molecule has 0 heterocycles. The van der Waals surface area contributed by atoms with E-state index < -0.39 is 11.4 Å². The summed E-state index contributed by atoms with van der Waals surface area (Å²) in [7, 11) is 0. The fourth-order valence-corrected chi connectivity index (χ4v) is 2.69. The number of carbonyl (C=O) groups is 2. The smallest absolute Gasteiger partial charge is 0.319 e. The number of hydrogen-bond donors (Lipinski definition) is 1. The molecule has 3 saturated carbocycles. The van der Waals surface area contributed by atoms with E-state index in [-0.39, 0.29) is 5.91 Å². The van der Waals surface area contributed by atoms with Gasteiger partial charge in [-0.1, -0.05) is 6.42 Å². The SMILES string of the molecule is O=C(O)C1(C(=O)N(CC2CC2)C2CC2)CCC1. The zero-order valence-electron chi connectivity index (χ0n) is 10.0. The topological polar surface area (TPSA) is 57.6 Å². The zero-order valence-corrected chi connectivity index (χ0v) is 10.0. The van der Waals surface area contributed by atoms with E-state index in [4.69, 9.17) is 0 Å². The second-order valence-corrected chi connectivity index (χ2v) is 5.87. The van der Waals surface area contributed by atoms with Crippen LogP contribution in [0.1, 0.15) is 44.9 Å². The number of carboxylic acids is 1. The fourth-order valence-electron chi connectivity index (χ4n) is 2.69. The van der Waals surface area contributed by atoms with Gasteiger partial charge in [0.2, 0.25) is 5.91 Å². The van der Waals surface area contributed by atoms with Crippen LogP contribution in [0.2, 0.25) is 0 Å². The van der Waals surface area contributed by atoms with Crippen molar-refractivity contribution in [2.24, 2.45) is 11.3 Å². The molecule has 94 valence electrons. The van der Waals surface area contributed by atoms with Gasteiger partial charge in [0, 0.05) is 12.6 Å². The normalized spacial score (nSPS) is 26.1. The minimum atomic E-state index is -1.06. The van der Waals surface area contributed by atoms with E-state index in [9.17, 15) is 14.7 Å². The Morgan fingerprint density at radius 2 is 1.82 bits per heavy atom. The van der Waals surface area contributed by atoms with Gasteiger partial charge in [-0.25, -0.2) is 0 Å². The molecule has 4 nitrogen and oxygen atoms in total. The summed E-state index contributed by atoms with van der Waals surface area (Å²) in [5.74, 6) is -0.355. The minimum absolute atomic E-state index is 0.0920. The highest BCUT2D eigenvalue weighted by atomic mass is 16.4. The Morgan fingerprint density at radius 3 is 2.18 bits per heavy atom. The molecular formula is C13H19NO3. The quantitative estimate of drug-likeness (QED) is 0.739. The molecule has 3 fully saturated rings. The van der Waals surface area contributed by atoms with Gasteiger partial charge in [-0.3, -0.25) is 9.59 Å². The molecule has 1 N–H and O–H groups in total. The highest BCUT2D eigenvalue weighted by Gasteiger charge is 2.55. The Kier molecular flexibility index (Phi) is 2.42. The van der Waals surface area contributed by atoms with Gasteiger partial charge in [0.1, 0.15) is 5.41 Å². The summed E-state index contributed by atoms with van der Waals surface area (Å²) < 4.78 is 0. The number of rotatable bonds is 5. The molecule has 3 aliphatic rings. The molecule has 0 bridgehead atoms. The largest absolute Gasteiger partial charge is 0.480 e. The number of hydrogen-bond acceptors (Lipinski definition) is 2. The van der Waals surface area contributed by atoms with Gasteiger partial charge in [-0.15, -0.1) is 0 Å². The average molecular weight is 237 g/mol. The summed E-state index contributed by atoms with van der Waals surface area (Å²) in [4.78, 5) is 25.7. The third kappa shape index (κ3) is 1.83. The summed E-state index contributed by atoms with van der Waals surface area (Å²) in [5, 5.41) is 9.31. The minimum Gasteiger partial charge on any atom is -0.480 e. The summed E-state index contributed by atoms with van der Waals surface area (Å²) in [6, 6.07) is 0.347. The highest BCUT2D eigenvalue weighted by Crippen LogP contribution is 2.45. The molecule has 1 amide bonds. The molecule has 0 aromatic rings. The second kappa shape index (κ2) is 3.72. The van der Waals surface area contributed by atoms with Gasteiger partial charge in [0.25, 0.3) is 0 Å². The van der Waals surface area contributed by atoms with Gasteiger partial charge < -0.3 is 10.0 Å². The van der Waals surface area contributed by atoms with Crippen molar-refractivity contribution in [3.8, 4) is 0 Å². The average Bonchev–Trinajstić information content (AvgIpc) is 3.05. The summed E-state index contributed by atoms with van der Waals surface area (Å²) in [5.41, 5.74) is -1.06. The third-order valence-electron chi connectivity index (χ3n) is 4.43. The van der Waals surface area contributed by atoms with E-state index >= 15 is 0 Å². The predicted octanol–water partition coefficient (Wildman–Crippen LogP) is 1.64. The van der Waals surface area contributed by atoms with Crippen LogP contribution >= 0.6 is 0 Å². The van der Waals surface area contributed by atoms with Crippen LogP contribution in [-0.4, -0.2) is 34.5 Å². The first kappa shape index (κ1) is 11.1. The van der Waals surface area contributed by atoms with Gasteiger partial charge >= 0.3 is 5.97 Å². The monoisotopic (exact) mass is 237 g/mol. The molecule has 0 aromatic carbocycles. The Labute approximate surface area is 101 Å². The van der Waals surface area contributed by atoms with Crippen molar-refractivity contribution in [2.75, 3.05) is 6.54 Å². The van der Waals surface area contributed by atoms with Crippen LogP contribution in [0.25, 0.3) is 0 Å². The molecule has 3 aliphatic carbocycles.